The molecule has 0 aromatic rings. The number of carboxylic acids is 1. The van der Waals surface area contributed by atoms with Crippen LogP contribution in [0.4, 0.5) is 0 Å². The maximum atomic E-state index is 12.0. The highest BCUT2D eigenvalue weighted by atomic mass is 16.4. The molecule has 1 aliphatic rings. The molecule has 1 heterocycles. The minimum atomic E-state index is -1.19. The molecule has 0 spiro atoms. The molecule has 1 fully saturated rings. The van der Waals surface area contributed by atoms with Crippen molar-refractivity contribution in [2.24, 2.45) is 11.3 Å². The van der Waals surface area contributed by atoms with Crippen molar-refractivity contribution < 1.29 is 24.3 Å². The van der Waals surface area contributed by atoms with E-state index in [-0.39, 0.29) is 31.1 Å². The van der Waals surface area contributed by atoms with Gasteiger partial charge in [0.05, 0.1) is 5.41 Å². The standard InChI is InChI=1S/C14H22N2O5/c1-8(2)14(3,13(20)21)7-10(17)15-9-5-6-11(18)16(4)12(9)19/h8-9H,5-7H2,1-4H3,(H,15,17)(H,20,21). The van der Waals surface area contributed by atoms with E-state index in [1.165, 1.54) is 14.0 Å². The maximum absolute atomic E-state index is 12.0. The molecule has 2 atom stereocenters. The number of imide groups is 1. The molecule has 0 bridgehead atoms. The van der Waals surface area contributed by atoms with Gasteiger partial charge in [0.1, 0.15) is 6.04 Å². The van der Waals surface area contributed by atoms with Crippen LogP contribution in [0, 0.1) is 11.3 Å². The summed E-state index contributed by atoms with van der Waals surface area (Å²) in [6.45, 7) is 4.98. The van der Waals surface area contributed by atoms with Crippen molar-refractivity contribution >= 4 is 23.7 Å². The van der Waals surface area contributed by atoms with Crippen LogP contribution in [0.5, 0.6) is 0 Å². The van der Waals surface area contributed by atoms with Crippen molar-refractivity contribution in [2.45, 2.75) is 46.1 Å². The number of carboxylic acid groups (broad SMARTS) is 1. The van der Waals surface area contributed by atoms with Gasteiger partial charge in [0.25, 0.3) is 5.91 Å². The highest BCUT2D eigenvalue weighted by Gasteiger charge is 2.40. The van der Waals surface area contributed by atoms with Crippen LogP contribution >= 0.6 is 0 Å². The van der Waals surface area contributed by atoms with Gasteiger partial charge in [0.15, 0.2) is 0 Å². The second-order valence-electron chi connectivity index (χ2n) is 6.00. The van der Waals surface area contributed by atoms with Crippen LogP contribution in [0.15, 0.2) is 0 Å². The summed E-state index contributed by atoms with van der Waals surface area (Å²) >= 11 is 0. The second kappa shape index (κ2) is 6.24. The van der Waals surface area contributed by atoms with Gasteiger partial charge in [-0.2, -0.15) is 0 Å². The van der Waals surface area contributed by atoms with Gasteiger partial charge < -0.3 is 10.4 Å². The molecule has 7 nitrogen and oxygen atoms in total. The van der Waals surface area contributed by atoms with Gasteiger partial charge in [-0.15, -0.1) is 0 Å². The van der Waals surface area contributed by atoms with Gasteiger partial charge in [-0.1, -0.05) is 13.8 Å². The Kier molecular flexibility index (Phi) is 5.09. The number of carbonyl (C=O) groups is 4. The zero-order chi connectivity index (χ0) is 16.4. The second-order valence-corrected chi connectivity index (χ2v) is 6.00. The van der Waals surface area contributed by atoms with E-state index in [9.17, 15) is 24.3 Å². The molecule has 3 amide bonds. The van der Waals surface area contributed by atoms with E-state index in [2.05, 4.69) is 5.32 Å². The summed E-state index contributed by atoms with van der Waals surface area (Å²) in [7, 11) is 1.37. The number of amides is 3. The lowest BCUT2D eigenvalue weighted by atomic mass is 9.76. The van der Waals surface area contributed by atoms with E-state index in [0.717, 1.165) is 4.90 Å². The number of rotatable bonds is 5. The predicted octanol–water partition coefficient (Wildman–Crippen LogP) is 0.387. The minimum Gasteiger partial charge on any atom is -0.481 e. The number of nitrogens with zero attached hydrogens (tertiary/aromatic N) is 1. The molecule has 0 aliphatic carbocycles. The van der Waals surface area contributed by atoms with Gasteiger partial charge in [0, 0.05) is 19.9 Å². The number of carbonyl (C=O) groups excluding carboxylic acids is 3. The third kappa shape index (κ3) is 3.59. The fourth-order valence-electron chi connectivity index (χ4n) is 2.16. The monoisotopic (exact) mass is 298 g/mol. The zero-order valence-electron chi connectivity index (χ0n) is 12.8. The topological polar surface area (TPSA) is 104 Å². The Morgan fingerprint density at radius 1 is 1.43 bits per heavy atom. The number of nitrogens with one attached hydrogen (secondary N) is 1. The maximum Gasteiger partial charge on any atom is 0.310 e. The summed E-state index contributed by atoms with van der Waals surface area (Å²) in [5.41, 5.74) is -1.19. The highest BCUT2D eigenvalue weighted by Crippen LogP contribution is 2.31. The first-order valence-corrected chi connectivity index (χ1v) is 6.92. The summed E-state index contributed by atoms with van der Waals surface area (Å²) in [5.74, 6) is -2.50. The lowest BCUT2D eigenvalue weighted by molar-refractivity contribution is -0.154. The predicted molar refractivity (Wildman–Crippen MR) is 74.1 cm³/mol. The van der Waals surface area contributed by atoms with Crippen molar-refractivity contribution in [3.05, 3.63) is 0 Å². The van der Waals surface area contributed by atoms with Crippen LogP contribution in [-0.4, -0.2) is 46.8 Å². The van der Waals surface area contributed by atoms with E-state index in [4.69, 9.17) is 0 Å². The van der Waals surface area contributed by atoms with Crippen LogP contribution in [0.25, 0.3) is 0 Å². The van der Waals surface area contributed by atoms with Gasteiger partial charge in [-0.25, -0.2) is 0 Å². The first-order valence-electron chi connectivity index (χ1n) is 6.92. The molecule has 1 rings (SSSR count). The Bertz CT molecular complexity index is 474. The number of aliphatic carboxylic acids is 1. The fraction of sp³-hybridized carbons (Fsp3) is 0.714. The minimum absolute atomic E-state index is 0.188. The normalized spacial score (nSPS) is 22.1. The lowest BCUT2D eigenvalue weighted by Crippen LogP contribution is -2.53. The number of hydrogen-bond acceptors (Lipinski definition) is 4. The quantitative estimate of drug-likeness (QED) is 0.714. The Morgan fingerprint density at radius 2 is 2.00 bits per heavy atom. The molecule has 0 aromatic carbocycles. The molecule has 2 unspecified atom stereocenters. The third-order valence-corrected chi connectivity index (χ3v) is 4.28. The smallest absolute Gasteiger partial charge is 0.310 e. The Hall–Kier alpha value is -1.92. The highest BCUT2D eigenvalue weighted by molar-refractivity contribution is 6.01. The Morgan fingerprint density at radius 3 is 2.48 bits per heavy atom. The van der Waals surface area contributed by atoms with Crippen molar-refractivity contribution in [3.8, 4) is 0 Å². The van der Waals surface area contributed by atoms with Gasteiger partial charge >= 0.3 is 5.97 Å². The number of likely N-dealkylation sites (tertiary alicyclic amines) is 1. The van der Waals surface area contributed by atoms with Crippen LogP contribution < -0.4 is 5.32 Å². The summed E-state index contributed by atoms with van der Waals surface area (Å²) in [4.78, 5) is 47.6. The summed E-state index contributed by atoms with van der Waals surface area (Å²) in [6.07, 6.45) is 0.230. The Balaban J connectivity index is 2.72. The van der Waals surface area contributed by atoms with Crippen LogP contribution in [-0.2, 0) is 19.2 Å². The van der Waals surface area contributed by atoms with E-state index in [1.807, 2.05) is 0 Å². The van der Waals surface area contributed by atoms with E-state index in [1.54, 1.807) is 13.8 Å². The first-order chi connectivity index (χ1) is 9.59. The third-order valence-electron chi connectivity index (χ3n) is 4.28. The van der Waals surface area contributed by atoms with Gasteiger partial charge in [-0.05, 0) is 19.3 Å². The number of piperidine rings is 1. The van der Waals surface area contributed by atoms with Crippen LogP contribution in [0.2, 0.25) is 0 Å². The van der Waals surface area contributed by atoms with Crippen molar-refractivity contribution in [2.75, 3.05) is 7.05 Å². The average Bonchev–Trinajstić information content (AvgIpc) is 2.39. The van der Waals surface area contributed by atoms with E-state index in [0.29, 0.717) is 0 Å². The molecular weight excluding hydrogens is 276 g/mol. The van der Waals surface area contributed by atoms with Gasteiger partial charge in [0.2, 0.25) is 11.8 Å². The molecule has 21 heavy (non-hydrogen) atoms. The Labute approximate surface area is 123 Å². The average molecular weight is 298 g/mol. The molecule has 2 N–H and O–H groups in total. The first kappa shape index (κ1) is 17.1. The SMILES string of the molecule is CC(C)C(C)(CC(=O)NC1CCC(=O)N(C)C1=O)C(=O)O. The van der Waals surface area contributed by atoms with Crippen LogP contribution in [0.3, 0.4) is 0 Å². The summed E-state index contributed by atoms with van der Waals surface area (Å²) in [6, 6.07) is -0.759. The van der Waals surface area contributed by atoms with Gasteiger partial charge in [-0.3, -0.25) is 24.1 Å². The molecule has 0 radical (unpaired) electrons. The molecule has 1 saturated heterocycles. The molecular formula is C14H22N2O5. The van der Waals surface area contributed by atoms with Crippen LogP contribution in [0.1, 0.15) is 40.0 Å². The van der Waals surface area contributed by atoms with E-state index < -0.39 is 29.2 Å². The van der Waals surface area contributed by atoms with E-state index >= 15 is 0 Å². The summed E-state index contributed by atoms with van der Waals surface area (Å²) < 4.78 is 0. The molecule has 7 heteroatoms. The fourth-order valence-corrected chi connectivity index (χ4v) is 2.16. The van der Waals surface area contributed by atoms with Crippen molar-refractivity contribution in [1.29, 1.82) is 0 Å². The van der Waals surface area contributed by atoms with Crippen molar-refractivity contribution in [1.82, 2.24) is 10.2 Å². The lowest BCUT2D eigenvalue weighted by Gasteiger charge is -2.31. The summed E-state index contributed by atoms with van der Waals surface area (Å²) in [5, 5.41) is 11.8. The zero-order valence-corrected chi connectivity index (χ0v) is 12.8. The number of hydrogen-bond donors (Lipinski definition) is 2. The molecule has 0 aromatic heterocycles. The molecule has 118 valence electrons. The number of likely N-dealkylation sites (N-methyl/N-ethyl adjacent to an activating group) is 1. The molecule has 1 aliphatic heterocycles. The van der Waals surface area contributed by atoms with Crippen molar-refractivity contribution in [3.63, 3.8) is 0 Å². The molecule has 0 saturated carbocycles. The largest absolute Gasteiger partial charge is 0.481 e.